The Morgan fingerprint density at radius 1 is 1.00 bits per heavy atom. The first kappa shape index (κ1) is 15.6. The molecule has 2 aromatic rings. The van der Waals surface area contributed by atoms with Crippen LogP contribution in [0, 0.1) is 6.92 Å². The lowest BCUT2D eigenvalue weighted by Gasteiger charge is -2.09. The van der Waals surface area contributed by atoms with E-state index in [2.05, 4.69) is 10.9 Å². The monoisotopic (exact) mass is 298 g/mol. The molecule has 2 aromatic carbocycles. The summed E-state index contributed by atoms with van der Waals surface area (Å²) in [6, 6.07) is 14.4. The summed E-state index contributed by atoms with van der Waals surface area (Å²) in [5, 5.41) is 0. The summed E-state index contributed by atoms with van der Waals surface area (Å²) in [5.74, 6) is 0.116. The number of rotatable bonds is 4. The molecule has 0 aliphatic rings. The van der Waals surface area contributed by atoms with Crippen LogP contribution in [0.1, 0.15) is 21.5 Å². The molecule has 0 unspecified atom stereocenters. The predicted octanol–water partition coefficient (Wildman–Crippen LogP) is 2.01. The van der Waals surface area contributed by atoms with Crippen LogP contribution in [0.25, 0.3) is 0 Å². The Hall–Kier alpha value is -2.82. The van der Waals surface area contributed by atoms with E-state index >= 15 is 0 Å². The van der Waals surface area contributed by atoms with Crippen LogP contribution in [0.2, 0.25) is 0 Å². The SMILES string of the molecule is COc1ccc(CC(=O)NNC(=O)c2ccccc2C)cc1. The smallest absolute Gasteiger partial charge is 0.269 e. The number of nitrogens with one attached hydrogen (secondary N) is 2. The second kappa shape index (κ2) is 7.26. The highest BCUT2D eigenvalue weighted by Gasteiger charge is 2.09. The molecule has 2 amide bonds. The summed E-state index contributed by atoms with van der Waals surface area (Å²) in [4.78, 5) is 23.8. The molecule has 0 atom stereocenters. The van der Waals surface area contributed by atoms with Crippen LogP contribution in [0.4, 0.5) is 0 Å². The summed E-state index contributed by atoms with van der Waals surface area (Å²) in [7, 11) is 1.59. The Balaban J connectivity index is 1.87. The standard InChI is InChI=1S/C17H18N2O3/c1-12-5-3-4-6-15(12)17(21)19-18-16(20)11-13-7-9-14(22-2)10-8-13/h3-10H,11H2,1-2H3,(H,18,20)(H,19,21). The van der Waals surface area contributed by atoms with Crippen LogP contribution in [0.15, 0.2) is 48.5 Å². The third-order valence-electron chi connectivity index (χ3n) is 3.23. The number of amides is 2. The van der Waals surface area contributed by atoms with Gasteiger partial charge in [-0.3, -0.25) is 20.4 Å². The van der Waals surface area contributed by atoms with Crippen molar-refractivity contribution in [3.8, 4) is 5.75 Å². The van der Waals surface area contributed by atoms with Crippen LogP contribution >= 0.6 is 0 Å². The fraction of sp³-hybridized carbons (Fsp3) is 0.176. The molecule has 0 saturated heterocycles. The molecular formula is C17H18N2O3. The molecule has 0 saturated carbocycles. The lowest BCUT2D eigenvalue weighted by atomic mass is 10.1. The maximum atomic E-state index is 12.0. The summed E-state index contributed by atoms with van der Waals surface area (Å²) < 4.78 is 5.06. The van der Waals surface area contributed by atoms with Gasteiger partial charge in [-0.05, 0) is 36.2 Å². The lowest BCUT2D eigenvalue weighted by Crippen LogP contribution is -2.42. The van der Waals surface area contributed by atoms with Gasteiger partial charge < -0.3 is 4.74 Å². The molecule has 5 nitrogen and oxygen atoms in total. The minimum absolute atomic E-state index is 0.179. The highest BCUT2D eigenvalue weighted by Crippen LogP contribution is 2.11. The zero-order valence-electron chi connectivity index (χ0n) is 12.6. The number of hydrogen-bond acceptors (Lipinski definition) is 3. The Kier molecular flexibility index (Phi) is 5.14. The average molecular weight is 298 g/mol. The van der Waals surface area contributed by atoms with Crippen LogP contribution in [-0.4, -0.2) is 18.9 Å². The van der Waals surface area contributed by atoms with E-state index in [4.69, 9.17) is 4.74 Å². The number of hydrazine groups is 1. The number of aryl methyl sites for hydroxylation is 1. The van der Waals surface area contributed by atoms with E-state index in [-0.39, 0.29) is 18.2 Å². The van der Waals surface area contributed by atoms with E-state index in [1.807, 2.05) is 31.2 Å². The molecule has 0 radical (unpaired) electrons. The molecule has 0 fully saturated rings. The molecule has 0 bridgehead atoms. The van der Waals surface area contributed by atoms with Gasteiger partial charge in [-0.2, -0.15) is 0 Å². The Bertz CT molecular complexity index is 666. The van der Waals surface area contributed by atoms with Crippen molar-refractivity contribution in [3.63, 3.8) is 0 Å². The first-order valence-corrected chi connectivity index (χ1v) is 6.88. The quantitative estimate of drug-likeness (QED) is 0.848. The molecule has 0 aliphatic carbocycles. The van der Waals surface area contributed by atoms with Gasteiger partial charge in [-0.15, -0.1) is 0 Å². The minimum atomic E-state index is -0.332. The number of methoxy groups -OCH3 is 1. The number of hydrogen-bond donors (Lipinski definition) is 2. The molecule has 0 spiro atoms. The first-order valence-electron chi connectivity index (χ1n) is 6.88. The molecule has 2 rings (SSSR count). The molecule has 5 heteroatoms. The zero-order valence-corrected chi connectivity index (χ0v) is 12.6. The van der Waals surface area contributed by atoms with E-state index in [0.29, 0.717) is 5.56 Å². The van der Waals surface area contributed by atoms with E-state index in [1.165, 1.54) is 0 Å². The van der Waals surface area contributed by atoms with E-state index in [9.17, 15) is 9.59 Å². The van der Waals surface area contributed by atoms with Gasteiger partial charge in [0.2, 0.25) is 5.91 Å². The molecule has 114 valence electrons. The first-order chi connectivity index (χ1) is 10.6. The lowest BCUT2D eigenvalue weighted by molar-refractivity contribution is -0.121. The Morgan fingerprint density at radius 3 is 2.32 bits per heavy atom. The minimum Gasteiger partial charge on any atom is -0.497 e. The van der Waals surface area contributed by atoms with E-state index in [0.717, 1.165) is 16.9 Å². The van der Waals surface area contributed by atoms with Gasteiger partial charge in [-0.25, -0.2) is 0 Å². The maximum Gasteiger partial charge on any atom is 0.269 e. The average Bonchev–Trinajstić information content (AvgIpc) is 2.54. The van der Waals surface area contributed by atoms with E-state index < -0.39 is 0 Å². The molecule has 0 heterocycles. The van der Waals surface area contributed by atoms with Crippen molar-refractivity contribution in [3.05, 3.63) is 65.2 Å². The van der Waals surface area contributed by atoms with Crippen LogP contribution in [0.5, 0.6) is 5.75 Å². The number of ether oxygens (including phenoxy) is 1. The van der Waals surface area contributed by atoms with Crippen molar-refractivity contribution in [2.45, 2.75) is 13.3 Å². The van der Waals surface area contributed by atoms with Crippen molar-refractivity contribution in [2.24, 2.45) is 0 Å². The van der Waals surface area contributed by atoms with Gasteiger partial charge in [0.05, 0.1) is 13.5 Å². The fourth-order valence-electron chi connectivity index (χ4n) is 1.99. The zero-order chi connectivity index (χ0) is 15.9. The summed E-state index contributed by atoms with van der Waals surface area (Å²) in [6.45, 7) is 1.84. The highest BCUT2D eigenvalue weighted by molar-refractivity contribution is 5.96. The molecule has 0 aromatic heterocycles. The third kappa shape index (κ3) is 4.09. The van der Waals surface area contributed by atoms with Gasteiger partial charge in [-0.1, -0.05) is 30.3 Å². The topological polar surface area (TPSA) is 67.4 Å². The van der Waals surface area contributed by atoms with Crippen molar-refractivity contribution in [2.75, 3.05) is 7.11 Å². The summed E-state index contributed by atoms with van der Waals surface area (Å²) in [5.41, 5.74) is 7.06. The van der Waals surface area contributed by atoms with Gasteiger partial charge >= 0.3 is 0 Å². The van der Waals surface area contributed by atoms with E-state index in [1.54, 1.807) is 31.4 Å². The van der Waals surface area contributed by atoms with Gasteiger partial charge in [0.25, 0.3) is 5.91 Å². The van der Waals surface area contributed by atoms with Crippen molar-refractivity contribution < 1.29 is 14.3 Å². The molecular weight excluding hydrogens is 280 g/mol. The third-order valence-corrected chi connectivity index (χ3v) is 3.23. The van der Waals surface area contributed by atoms with Crippen LogP contribution < -0.4 is 15.6 Å². The number of benzene rings is 2. The Labute approximate surface area is 129 Å². The molecule has 0 aliphatic heterocycles. The normalized spacial score (nSPS) is 9.91. The summed E-state index contributed by atoms with van der Waals surface area (Å²) in [6.07, 6.45) is 0.179. The van der Waals surface area contributed by atoms with Crippen LogP contribution in [0.3, 0.4) is 0 Å². The van der Waals surface area contributed by atoms with Crippen molar-refractivity contribution in [1.29, 1.82) is 0 Å². The summed E-state index contributed by atoms with van der Waals surface area (Å²) >= 11 is 0. The van der Waals surface area contributed by atoms with Gasteiger partial charge in [0, 0.05) is 5.56 Å². The maximum absolute atomic E-state index is 12.0. The molecule has 22 heavy (non-hydrogen) atoms. The largest absolute Gasteiger partial charge is 0.497 e. The highest BCUT2D eigenvalue weighted by atomic mass is 16.5. The second-order valence-electron chi connectivity index (χ2n) is 4.84. The number of carbonyl (C=O) groups excluding carboxylic acids is 2. The van der Waals surface area contributed by atoms with Gasteiger partial charge in [0.15, 0.2) is 0 Å². The predicted molar refractivity (Wildman–Crippen MR) is 83.5 cm³/mol. The van der Waals surface area contributed by atoms with Crippen LogP contribution in [-0.2, 0) is 11.2 Å². The number of carbonyl (C=O) groups is 2. The Morgan fingerprint density at radius 2 is 1.68 bits per heavy atom. The fourth-order valence-corrected chi connectivity index (χ4v) is 1.99. The second-order valence-corrected chi connectivity index (χ2v) is 4.84. The van der Waals surface area contributed by atoms with Gasteiger partial charge in [0.1, 0.15) is 5.75 Å². The molecule has 2 N–H and O–H groups in total. The van der Waals surface area contributed by atoms with Crippen molar-refractivity contribution >= 4 is 11.8 Å². The van der Waals surface area contributed by atoms with Crippen molar-refractivity contribution in [1.82, 2.24) is 10.9 Å².